The Morgan fingerprint density at radius 2 is 2.25 bits per heavy atom. The van der Waals surface area contributed by atoms with E-state index in [4.69, 9.17) is 5.73 Å². The first-order chi connectivity index (χ1) is 3.29. The first-order valence-electron chi connectivity index (χ1n) is 2.28. The molecule has 8 heavy (non-hydrogen) atoms. The van der Waals surface area contributed by atoms with E-state index in [0.29, 0.717) is 6.42 Å². The average Bonchev–Trinajstić information content (AvgIpc) is 1.87. The third-order valence-electron chi connectivity index (χ3n) is 1.01. The van der Waals surface area contributed by atoms with Crippen molar-refractivity contribution in [2.24, 2.45) is 5.73 Å². The molecule has 0 saturated heterocycles. The fourth-order valence-electron chi connectivity index (χ4n) is 0.619. The second kappa shape index (κ2) is 3.28. The predicted octanol–water partition coefficient (Wildman–Crippen LogP) is -2.69. The standard InChI is InChI=1S/C5H7NO.Na.H/c6-4-1-2-5(7)3-4;;/h3H,1-2,6H2;;/q;+1;-1. The van der Waals surface area contributed by atoms with Crippen LogP contribution in [0.1, 0.15) is 14.3 Å². The molecule has 0 fully saturated rings. The van der Waals surface area contributed by atoms with Crippen LogP contribution in [0.15, 0.2) is 11.8 Å². The van der Waals surface area contributed by atoms with Gasteiger partial charge < -0.3 is 7.16 Å². The van der Waals surface area contributed by atoms with Gasteiger partial charge in [-0.15, -0.1) is 0 Å². The Labute approximate surface area is 71.9 Å². The summed E-state index contributed by atoms with van der Waals surface area (Å²) in [4.78, 5) is 10.3. The van der Waals surface area contributed by atoms with Gasteiger partial charge in [0.25, 0.3) is 0 Å². The second-order valence-corrected chi connectivity index (χ2v) is 1.69. The van der Waals surface area contributed by atoms with E-state index in [9.17, 15) is 4.79 Å². The molecule has 0 radical (unpaired) electrons. The molecular weight excluding hydrogens is 113 g/mol. The summed E-state index contributed by atoms with van der Waals surface area (Å²) in [7, 11) is 0. The zero-order chi connectivity index (χ0) is 5.28. The third kappa shape index (κ3) is 1.99. The summed E-state index contributed by atoms with van der Waals surface area (Å²) in [5, 5.41) is 0. The van der Waals surface area contributed by atoms with Gasteiger partial charge in [-0.25, -0.2) is 0 Å². The van der Waals surface area contributed by atoms with Crippen LogP contribution in [0.2, 0.25) is 0 Å². The minimum Gasteiger partial charge on any atom is -1.00 e. The van der Waals surface area contributed by atoms with E-state index in [2.05, 4.69) is 0 Å². The fourth-order valence-corrected chi connectivity index (χ4v) is 0.619. The van der Waals surface area contributed by atoms with Crippen molar-refractivity contribution in [2.75, 3.05) is 0 Å². The summed E-state index contributed by atoms with van der Waals surface area (Å²) in [5.74, 6) is 0.164. The van der Waals surface area contributed by atoms with Gasteiger partial charge in [0, 0.05) is 12.1 Å². The SMILES string of the molecule is NC1=CC(=O)CC1.[H-].[Na+]. The van der Waals surface area contributed by atoms with Crippen LogP contribution in [-0.2, 0) is 4.79 Å². The van der Waals surface area contributed by atoms with Gasteiger partial charge in [0.1, 0.15) is 0 Å². The van der Waals surface area contributed by atoms with E-state index in [0.717, 1.165) is 12.1 Å². The molecule has 3 heteroatoms. The maximum absolute atomic E-state index is 10.3. The van der Waals surface area contributed by atoms with Crippen LogP contribution in [-0.4, -0.2) is 5.78 Å². The summed E-state index contributed by atoms with van der Waals surface area (Å²) < 4.78 is 0. The molecule has 1 rings (SSSR count). The number of rotatable bonds is 0. The van der Waals surface area contributed by atoms with E-state index >= 15 is 0 Å². The predicted molar refractivity (Wildman–Crippen MR) is 27.6 cm³/mol. The smallest absolute Gasteiger partial charge is 1.00 e. The van der Waals surface area contributed by atoms with Crippen LogP contribution >= 0.6 is 0 Å². The van der Waals surface area contributed by atoms with Gasteiger partial charge in [0.2, 0.25) is 0 Å². The van der Waals surface area contributed by atoms with Gasteiger partial charge in [-0.05, 0) is 12.5 Å². The summed E-state index contributed by atoms with van der Waals surface area (Å²) in [5.41, 5.74) is 5.99. The number of carbonyl (C=O) groups is 1. The zero-order valence-corrected chi connectivity index (χ0v) is 6.98. The molecule has 0 unspecified atom stereocenters. The molecule has 0 spiro atoms. The van der Waals surface area contributed by atoms with E-state index < -0.39 is 0 Å². The van der Waals surface area contributed by atoms with Gasteiger partial charge in [-0.3, -0.25) is 4.79 Å². The number of nitrogens with two attached hydrogens (primary N) is 1. The normalized spacial score (nSPS) is 17.5. The van der Waals surface area contributed by atoms with E-state index in [-0.39, 0.29) is 36.8 Å². The molecule has 0 heterocycles. The van der Waals surface area contributed by atoms with Crippen LogP contribution in [0.3, 0.4) is 0 Å². The number of hydrogen-bond donors (Lipinski definition) is 1. The van der Waals surface area contributed by atoms with Crippen molar-refractivity contribution in [3.8, 4) is 0 Å². The topological polar surface area (TPSA) is 43.1 Å². The summed E-state index contributed by atoms with van der Waals surface area (Å²) >= 11 is 0. The van der Waals surface area contributed by atoms with E-state index in [1.807, 2.05) is 0 Å². The Kier molecular flexibility index (Phi) is 3.36. The molecule has 1 aliphatic rings. The summed E-state index contributed by atoms with van der Waals surface area (Å²) in [6, 6.07) is 0. The summed E-state index contributed by atoms with van der Waals surface area (Å²) in [6.07, 6.45) is 2.88. The molecule has 2 nitrogen and oxygen atoms in total. The molecule has 0 aromatic heterocycles. The average molecular weight is 121 g/mol. The quantitative estimate of drug-likeness (QED) is 0.355. The Morgan fingerprint density at radius 1 is 1.62 bits per heavy atom. The van der Waals surface area contributed by atoms with Crippen LogP contribution in [0, 0.1) is 0 Å². The van der Waals surface area contributed by atoms with Crippen LogP contribution in [0.4, 0.5) is 0 Å². The molecule has 0 saturated carbocycles. The van der Waals surface area contributed by atoms with Crippen LogP contribution < -0.4 is 35.3 Å². The minimum absolute atomic E-state index is 0. The fraction of sp³-hybridized carbons (Fsp3) is 0.400. The largest absolute Gasteiger partial charge is 1.00 e. The molecular formula is C5H8NNaO. The van der Waals surface area contributed by atoms with Gasteiger partial charge >= 0.3 is 29.6 Å². The molecule has 2 N–H and O–H groups in total. The number of hydrogen-bond acceptors (Lipinski definition) is 2. The third-order valence-corrected chi connectivity index (χ3v) is 1.01. The second-order valence-electron chi connectivity index (χ2n) is 1.69. The maximum atomic E-state index is 10.3. The van der Waals surface area contributed by atoms with Gasteiger partial charge in [-0.1, -0.05) is 0 Å². The molecule has 0 atom stereocenters. The maximum Gasteiger partial charge on any atom is 1.00 e. The van der Waals surface area contributed by atoms with Crippen molar-refractivity contribution in [1.82, 2.24) is 0 Å². The Hall–Kier alpha value is 0.210. The first-order valence-corrected chi connectivity index (χ1v) is 2.28. The molecule has 0 aliphatic heterocycles. The monoisotopic (exact) mass is 121 g/mol. The van der Waals surface area contributed by atoms with Crippen molar-refractivity contribution in [3.63, 3.8) is 0 Å². The first kappa shape index (κ1) is 8.21. The van der Waals surface area contributed by atoms with Crippen molar-refractivity contribution in [2.45, 2.75) is 12.8 Å². The van der Waals surface area contributed by atoms with E-state index in [1.54, 1.807) is 0 Å². The van der Waals surface area contributed by atoms with Gasteiger partial charge in [-0.2, -0.15) is 0 Å². The Balaban J connectivity index is 0. The summed E-state index contributed by atoms with van der Waals surface area (Å²) in [6.45, 7) is 0. The molecule has 0 aromatic rings. The Bertz CT molecular complexity index is 135. The van der Waals surface area contributed by atoms with Crippen molar-refractivity contribution in [3.05, 3.63) is 11.8 Å². The van der Waals surface area contributed by atoms with E-state index in [1.165, 1.54) is 6.08 Å². The number of carbonyl (C=O) groups excluding carboxylic acids is 1. The number of allylic oxidation sites excluding steroid dienone is 2. The van der Waals surface area contributed by atoms with Gasteiger partial charge in [0.15, 0.2) is 5.78 Å². The van der Waals surface area contributed by atoms with Crippen LogP contribution in [0.25, 0.3) is 0 Å². The van der Waals surface area contributed by atoms with Crippen LogP contribution in [0.5, 0.6) is 0 Å². The zero-order valence-electron chi connectivity index (χ0n) is 5.98. The molecule has 40 valence electrons. The molecule has 1 aliphatic carbocycles. The number of ketones is 1. The van der Waals surface area contributed by atoms with Crippen molar-refractivity contribution >= 4 is 5.78 Å². The van der Waals surface area contributed by atoms with Gasteiger partial charge in [0.05, 0.1) is 0 Å². The Morgan fingerprint density at radius 3 is 2.38 bits per heavy atom. The van der Waals surface area contributed by atoms with Crippen molar-refractivity contribution in [1.29, 1.82) is 0 Å². The van der Waals surface area contributed by atoms with Crippen molar-refractivity contribution < 1.29 is 35.8 Å². The minimum atomic E-state index is 0. The molecule has 0 bridgehead atoms. The molecule has 0 amide bonds. The molecule has 0 aromatic carbocycles.